The molecule has 6 heteroatoms. The van der Waals surface area contributed by atoms with E-state index in [1.807, 2.05) is 23.9 Å². The first-order valence-electron chi connectivity index (χ1n) is 6.52. The Labute approximate surface area is 122 Å². The zero-order valence-electron chi connectivity index (χ0n) is 10.9. The molecule has 1 aliphatic rings. The first-order chi connectivity index (χ1) is 9.63. The Kier molecular flexibility index (Phi) is 3.69. The van der Waals surface area contributed by atoms with Crippen LogP contribution >= 0.6 is 11.8 Å². The first kappa shape index (κ1) is 13.5. The maximum Gasteiger partial charge on any atom is 0.490 e. The Balaban J connectivity index is 1.89. The van der Waals surface area contributed by atoms with Gasteiger partial charge in [-0.05, 0) is 36.6 Å². The topological polar surface area (TPSA) is 79.4 Å². The summed E-state index contributed by atoms with van der Waals surface area (Å²) < 4.78 is 0. The summed E-state index contributed by atoms with van der Waals surface area (Å²) in [5.41, 5.74) is 7.86. The monoisotopic (exact) mass is 286 g/mol. The van der Waals surface area contributed by atoms with Crippen molar-refractivity contribution in [2.45, 2.75) is 23.0 Å². The van der Waals surface area contributed by atoms with Crippen LogP contribution in [0.3, 0.4) is 0 Å². The summed E-state index contributed by atoms with van der Waals surface area (Å²) in [5.74, 6) is 0.386. The van der Waals surface area contributed by atoms with Crippen molar-refractivity contribution in [2.75, 3.05) is 5.73 Å². The van der Waals surface area contributed by atoms with E-state index in [-0.39, 0.29) is 0 Å². The van der Waals surface area contributed by atoms with Gasteiger partial charge >= 0.3 is 7.12 Å². The average molecular weight is 286 g/mol. The lowest BCUT2D eigenvalue weighted by atomic mass is 9.80. The molecule has 1 aromatic heterocycles. The minimum atomic E-state index is -1.54. The summed E-state index contributed by atoms with van der Waals surface area (Å²) in [6.07, 6.45) is 3.99. The zero-order valence-corrected chi connectivity index (χ0v) is 11.7. The van der Waals surface area contributed by atoms with E-state index in [1.54, 1.807) is 6.07 Å². The van der Waals surface area contributed by atoms with Crippen LogP contribution in [0.15, 0.2) is 41.4 Å². The highest BCUT2D eigenvalue weighted by atomic mass is 32.2. The molecule has 102 valence electrons. The van der Waals surface area contributed by atoms with Crippen LogP contribution in [0.25, 0.3) is 11.1 Å². The fourth-order valence-corrected chi connectivity index (χ4v) is 3.01. The van der Waals surface area contributed by atoms with Crippen LogP contribution in [0.1, 0.15) is 12.8 Å². The van der Waals surface area contributed by atoms with E-state index >= 15 is 0 Å². The second-order valence-electron chi connectivity index (χ2n) is 4.92. The van der Waals surface area contributed by atoms with Crippen molar-refractivity contribution in [3.05, 3.63) is 36.5 Å². The van der Waals surface area contributed by atoms with Crippen LogP contribution < -0.4 is 11.2 Å². The Morgan fingerprint density at radius 2 is 1.90 bits per heavy atom. The molecule has 0 radical (unpaired) electrons. The fourth-order valence-electron chi connectivity index (χ4n) is 1.96. The predicted octanol–water partition coefficient (Wildman–Crippen LogP) is 1.27. The van der Waals surface area contributed by atoms with Crippen LogP contribution in [0.4, 0.5) is 5.82 Å². The van der Waals surface area contributed by atoms with Gasteiger partial charge in [0.25, 0.3) is 0 Å². The summed E-state index contributed by atoms with van der Waals surface area (Å²) in [4.78, 5) is 5.26. The van der Waals surface area contributed by atoms with Gasteiger partial charge in [0.15, 0.2) is 0 Å². The molecule has 20 heavy (non-hydrogen) atoms. The number of nitrogens with two attached hydrogens (primary N) is 1. The summed E-state index contributed by atoms with van der Waals surface area (Å²) in [6, 6.07) is 9.78. The van der Waals surface area contributed by atoms with Crippen molar-refractivity contribution in [1.29, 1.82) is 0 Å². The lowest BCUT2D eigenvalue weighted by Gasteiger charge is -2.08. The molecular weight excluding hydrogens is 271 g/mol. The van der Waals surface area contributed by atoms with Crippen LogP contribution in [0.5, 0.6) is 0 Å². The van der Waals surface area contributed by atoms with E-state index in [2.05, 4.69) is 17.1 Å². The Morgan fingerprint density at radius 1 is 1.20 bits per heavy atom. The molecule has 1 heterocycles. The standard InChI is InChI=1S/C14H15BN2O2S/c16-14-13(7-10(8-17-14)15(18)19)9-1-3-11(4-2-9)20-12-5-6-12/h1-4,7-8,12,18-19H,5-6H2,(H2,16,17). The summed E-state index contributed by atoms with van der Waals surface area (Å²) in [6.45, 7) is 0. The molecule has 0 amide bonds. The Morgan fingerprint density at radius 3 is 2.50 bits per heavy atom. The third-order valence-corrected chi connectivity index (χ3v) is 4.58. The van der Waals surface area contributed by atoms with Gasteiger partial charge in [-0.1, -0.05) is 12.1 Å². The van der Waals surface area contributed by atoms with Crippen LogP contribution in [-0.4, -0.2) is 27.4 Å². The van der Waals surface area contributed by atoms with Gasteiger partial charge in [0, 0.05) is 27.4 Å². The van der Waals surface area contributed by atoms with Gasteiger partial charge in [0.1, 0.15) is 5.82 Å². The lowest BCUT2D eigenvalue weighted by molar-refractivity contribution is 0.425. The molecule has 4 N–H and O–H groups in total. The molecule has 2 aromatic rings. The normalized spacial score (nSPS) is 14.3. The fraction of sp³-hybridized carbons (Fsp3) is 0.214. The number of hydrogen-bond donors (Lipinski definition) is 3. The minimum absolute atomic E-state index is 0.339. The average Bonchev–Trinajstić information content (AvgIpc) is 3.24. The SMILES string of the molecule is Nc1ncc(B(O)O)cc1-c1ccc(SC2CC2)cc1. The van der Waals surface area contributed by atoms with Crippen molar-refractivity contribution < 1.29 is 10.0 Å². The number of thioether (sulfide) groups is 1. The molecule has 1 aliphatic carbocycles. The first-order valence-corrected chi connectivity index (χ1v) is 7.40. The Bertz CT molecular complexity index is 615. The molecule has 0 aliphatic heterocycles. The zero-order chi connectivity index (χ0) is 14.1. The molecule has 1 saturated carbocycles. The highest BCUT2D eigenvalue weighted by Gasteiger charge is 2.22. The number of hydrogen-bond acceptors (Lipinski definition) is 5. The summed E-state index contributed by atoms with van der Waals surface area (Å²) in [7, 11) is -1.54. The van der Waals surface area contributed by atoms with Crippen LogP contribution in [0.2, 0.25) is 0 Å². The largest absolute Gasteiger partial charge is 0.490 e. The van der Waals surface area contributed by atoms with Gasteiger partial charge in [0.2, 0.25) is 0 Å². The van der Waals surface area contributed by atoms with Gasteiger partial charge in [0.05, 0.1) is 0 Å². The van der Waals surface area contributed by atoms with E-state index in [9.17, 15) is 10.0 Å². The number of benzene rings is 1. The van der Waals surface area contributed by atoms with Gasteiger partial charge < -0.3 is 15.8 Å². The maximum atomic E-state index is 9.21. The number of anilines is 1. The molecule has 0 saturated heterocycles. The molecule has 1 aromatic carbocycles. The number of pyridine rings is 1. The van der Waals surface area contributed by atoms with Crippen LogP contribution in [-0.2, 0) is 0 Å². The van der Waals surface area contributed by atoms with E-state index in [1.165, 1.54) is 23.9 Å². The minimum Gasteiger partial charge on any atom is -0.423 e. The van der Waals surface area contributed by atoms with Crippen molar-refractivity contribution in [3.63, 3.8) is 0 Å². The molecule has 1 fully saturated rings. The second kappa shape index (κ2) is 5.48. The van der Waals surface area contributed by atoms with Crippen molar-refractivity contribution in [1.82, 2.24) is 4.98 Å². The third kappa shape index (κ3) is 2.98. The highest BCUT2D eigenvalue weighted by Crippen LogP contribution is 2.39. The quantitative estimate of drug-likeness (QED) is 0.737. The number of rotatable bonds is 4. The molecule has 0 atom stereocenters. The molecular formula is C14H15BN2O2S. The summed E-state index contributed by atoms with van der Waals surface area (Å²) >= 11 is 1.90. The van der Waals surface area contributed by atoms with Crippen molar-refractivity contribution in [2.24, 2.45) is 0 Å². The van der Waals surface area contributed by atoms with E-state index in [4.69, 9.17) is 5.73 Å². The van der Waals surface area contributed by atoms with Crippen molar-refractivity contribution >= 4 is 30.2 Å². The maximum absolute atomic E-state index is 9.21. The second-order valence-corrected chi connectivity index (χ2v) is 6.29. The molecule has 0 spiro atoms. The van der Waals surface area contributed by atoms with E-state index < -0.39 is 7.12 Å². The van der Waals surface area contributed by atoms with E-state index in [0.29, 0.717) is 11.3 Å². The molecule has 0 bridgehead atoms. The lowest BCUT2D eigenvalue weighted by Crippen LogP contribution is -2.30. The van der Waals surface area contributed by atoms with E-state index in [0.717, 1.165) is 16.4 Å². The van der Waals surface area contributed by atoms with Gasteiger partial charge in [-0.2, -0.15) is 0 Å². The summed E-state index contributed by atoms with van der Waals surface area (Å²) in [5, 5.41) is 19.2. The van der Waals surface area contributed by atoms with Gasteiger partial charge in [-0.3, -0.25) is 0 Å². The number of nitrogen functional groups attached to an aromatic ring is 1. The third-order valence-electron chi connectivity index (χ3n) is 3.23. The molecule has 3 rings (SSSR count). The molecule has 0 unspecified atom stereocenters. The number of aromatic nitrogens is 1. The Hall–Kier alpha value is -1.50. The smallest absolute Gasteiger partial charge is 0.423 e. The van der Waals surface area contributed by atoms with Gasteiger partial charge in [-0.25, -0.2) is 4.98 Å². The number of nitrogens with zero attached hydrogens (tertiary/aromatic N) is 1. The van der Waals surface area contributed by atoms with Crippen molar-refractivity contribution in [3.8, 4) is 11.1 Å². The predicted molar refractivity (Wildman–Crippen MR) is 82.8 cm³/mol. The highest BCUT2D eigenvalue weighted by molar-refractivity contribution is 8.00. The van der Waals surface area contributed by atoms with Crippen LogP contribution in [0, 0.1) is 0 Å². The van der Waals surface area contributed by atoms with Gasteiger partial charge in [-0.15, -0.1) is 11.8 Å². The molecule has 4 nitrogen and oxygen atoms in total.